The Morgan fingerprint density at radius 2 is 1.85 bits per heavy atom. The summed E-state index contributed by atoms with van der Waals surface area (Å²) in [5.74, 6) is 0.628. The van der Waals surface area contributed by atoms with Crippen molar-refractivity contribution >= 4 is 5.95 Å². The smallest absolute Gasteiger partial charge is 0.200 e. The molecule has 0 saturated heterocycles. The van der Waals surface area contributed by atoms with E-state index < -0.39 is 0 Å². The number of imidazole rings is 1. The Bertz CT molecular complexity index is 322. The van der Waals surface area contributed by atoms with E-state index in [2.05, 4.69) is 37.2 Å². The number of nitrogens with zero attached hydrogens (tertiary/aromatic N) is 2. The highest BCUT2D eigenvalue weighted by atomic mass is 15.2. The molecule has 2 N–H and O–H groups in total. The van der Waals surface area contributed by atoms with Crippen molar-refractivity contribution in [1.82, 2.24) is 9.55 Å². The maximum absolute atomic E-state index is 5.78. The molecule has 1 fully saturated rings. The second-order valence-electron chi connectivity index (χ2n) is 5.04. The molecule has 3 heteroatoms. The van der Waals surface area contributed by atoms with Crippen molar-refractivity contribution in [2.75, 3.05) is 5.73 Å². The van der Waals surface area contributed by atoms with Crippen molar-refractivity contribution in [2.24, 2.45) is 10.8 Å². The molecular weight excluding hydrogens is 162 g/mol. The van der Waals surface area contributed by atoms with Crippen LogP contribution in [0.4, 0.5) is 5.95 Å². The Morgan fingerprint density at radius 1 is 1.31 bits per heavy atom. The minimum Gasteiger partial charge on any atom is -0.369 e. The third-order valence-corrected chi connectivity index (χ3v) is 3.92. The van der Waals surface area contributed by atoms with E-state index in [0.29, 0.717) is 22.8 Å². The van der Waals surface area contributed by atoms with Gasteiger partial charge in [-0.05, 0) is 10.8 Å². The van der Waals surface area contributed by atoms with Crippen LogP contribution in [0.5, 0.6) is 0 Å². The standard InChI is InChI=1S/C10H17N3/c1-9(2)7(10(9,3)4)13-6-5-12-8(13)11/h5-7H,1-4H3,(H2,11,12). The molecule has 1 aromatic heterocycles. The molecular formula is C10H17N3. The maximum Gasteiger partial charge on any atom is 0.200 e. The van der Waals surface area contributed by atoms with E-state index in [0.717, 1.165) is 0 Å². The molecule has 0 amide bonds. The molecule has 1 aromatic rings. The molecule has 1 heterocycles. The summed E-state index contributed by atoms with van der Waals surface area (Å²) >= 11 is 0. The van der Waals surface area contributed by atoms with Crippen LogP contribution in [-0.2, 0) is 0 Å². The number of hydrogen-bond donors (Lipinski definition) is 1. The van der Waals surface area contributed by atoms with Gasteiger partial charge in [-0.3, -0.25) is 0 Å². The number of anilines is 1. The maximum atomic E-state index is 5.78. The highest BCUT2D eigenvalue weighted by Gasteiger charge is 2.66. The van der Waals surface area contributed by atoms with E-state index in [4.69, 9.17) is 5.73 Å². The Morgan fingerprint density at radius 3 is 2.15 bits per heavy atom. The van der Waals surface area contributed by atoms with Crippen molar-refractivity contribution < 1.29 is 0 Å². The van der Waals surface area contributed by atoms with Crippen molar-refractivity contribution in [3.63, 3.8) is 0 Å². The van der Waals surface area contributed by atoms with Crippen LogP contribution in [0, 0.1) is 10.8 Å². The summed E-state index contributed by atoms with van der Waals surface area (Å²) in [4.78, 5) is 4.05. The van der Waals surface area contributed by atoms with Gasteiger partial charge in [-0.2, -0.15) is 0 Å². The van der Waals surface area contributed by atoms with Crippen LogP contribution in [0.1, 0.15) is 33.7 Å². The van der Waals surface area contributed by atoms with E-state index in [-0.39, 0.29) is 0 Å². The summed E-state index contributed by atoms with van der Waals surface area (Å²) in [6.07, 6.45) is 3.73. The zero-order chi connectivity index (χ0) is 9.85. The minimum absolute atomic E-state index is 0.321. The molecule has 0 aliphatic heterocycles. The first kappa shape index (κ1) is 8.60. The van der Waals surface area contributed by atoms with Gasteiger partial charge in [-0.15, -0.1) is 0 Å². The minimum atomic E-state index is 0.321. The zero-order valence-electron chi connectivity index (χ0n) is 8.70. The van der Waals surface area contributed by atoms with Crippen LogP contribution < -0.4 is 5.73 Å². The second-order valence-corrected chi connectivity index (χ2v) is 5.04. The Balaban J connectivity index is 2.38. The first-order chi connectivity index (χ1) is 5.89. The Kier molecular flexibility index (Phi) is 1.38. The SMILES string of the molecule is CC1(C)C(n2ccnc2N)C1(C)C. The van der Waals surface area contributed by atoms with Gasteiger partial charge >= 0.3 is 0 Å². The lowest BCUT2D eigenvalue weighted by Gasteiger charge is -2.05. The Labute approximate surface area is 79.0 Å². The molecule has 3 nitrogen and oxygen atoms in total. The van der Waals surface area contributed by atoms with Gasteiger partial charge in [0.1, 0.15) is 0 Å². The van der Waals surface area contributed by atoms with Crippen LogP contribution >= 0.6 is 0 Å². The highest BCUT2D eigenvalue weighted by molar-refractivity contribution is 5.27. The summed E-state index contributed by atoms with van der Waals surface area (Å²) in [6.45, 7) is 9.10. The van der Waals surface area contributed by atoms with Gasteiger partial charge < -0.3 is 10.3 Å². The van der Waals surface area contributed by atoms with E-state index in [1.165, 1.54) is 0 Å². The number of hydrogen-bond acceptors (Lipinski definition) is 2. The highest BCUT2D eigenvalue weighted by Crippen LogP contribution is 2.71. The number of nitrogen functional groups attached to an aromatic ring is 1. The molecule has 0 radical (unpaired) electrons. The van der Waals surface area contributed by atoms with Gasteiger partial charge in [0.15, 0.2) is 5.95 Å². The molecule has 13 heavy (non-hydrogen) atoms. The van der Waals surface area contributed by atoms with Gasteiger partial charge in [0, 0.05) is 18.4 Å². The lowest BCUT2D eigenvalue weighted by atomic mass is 10.0. The first-order valence-electron chi connectivity index (χ1n) is 4.67. The molecule has 0 atom stereocenters. The largest absolute Gasteiger partial charge is 0.369 e. The zero-order valence-corrected chi connectivity index (χ0v) is 8.70. The lowest BCUT2D eigenvalue weighted by Crippen LogP contribution is -2.04. The fourth-order valence-electron chi connectivity index (χ4n) is 2.40. The molecule has 0 unspecified atom stereocenters. The summed E-state index contributed by atoms with van der Waals surface area (Å²) in [5, 5.41) is 0. The lowest BCUT2D eigenvalue weighted by molar-refractivity contribution is 0.457. The van der Waals surface area contributed by atoms with Crippen molar-refractivity contribution in [1.29, 1.82) is 0 Å². The van der Waals surface area contributed by atoms with Crippen molar-refractivity contribution in [3.05, 3.63) is 12.4 Å². The molecule has 0 bridgehead atoms. The molecule has 1 saturated carbocycles. The number of aromatic nitrogens is 2. The monoisotopic (exact) mass is 179 g/mol. The van der Waals surface area contributed by atoms with Gasteiger partial charge in [0.2, 0.25) is 0 Å². The summed E-state index contributed by atoms with van der Waals surface area (Å²) in [5.41, 5.74) is 6.42. The van der Waals surface area contributed by atoms with Crippen molar-refractivity contribution in [3.8, 4) is 0 Å². The first-order valence-corrected chi connectivity index (χ1v) is 4.67. The van der Waals surface area contributed by atoms with Gasteiger partial charge in [-0.25, -0.2) is 4.98 Å². The van der Waals surface area contributed by atoms with Crippen LogP contribution in [0.25, 0.3) is 0 Å². The third-order valence-electron chi connectivity index (χ3n) is 3.92. The fraction of sp³-hybridized carbons (Fsp3) is 0.700. The topological polar surface area (TPSA) is 43.8 Å². The third kappa shape index (κ3) is 0.872. The predicted molar refractivity (Wildman–Crippen MR) is 53.2 cm³/mol. The van der Waals surface area contributed by atoms with Gasteiger partial charge in [0.05, 0.1) is 0 Å². The second kappa shape index (κ2) is 2.08. The molecule has 72 valence electrons. The van der Waals surface area contributed by atoms with Crippen LogP contribution in [0.3, 0.4) is 0 Å². The molecule has 0 aromatic carbocycles. The molecule has 1 aliphatic carbocycles. The Hall–Kier alpha value is -0.990. The quantitative estimate of drug-likeness (QED) is 0.717. The number of nitrogens with two attached hydrogens (primary N) is 1. The summed E-state index contributed by atoms with van der Waals surface area (Å²) in [6, 6.07) is 0.488. The molecule has 2 rings (SSSR count). The van der Waals surface area contributed by atoms with E-state index in [9.17, 15) is 0 Å². The predicted octanol–water partition coefficient (Wildman–Crippen LogP) is 2.07. The average molecular weight is 179 g/mol. The summed E-state index contributed by atoms with van der Waals surface area (Å²) in [7, 11) is 0. The van der Waals surface area contributed by atoms with Gasteiger partial charge in [-0.1, -0.05) is 27.7 Å². The summed E-state index contributed by atoms with van der Waals surface area (Å²) < 4.78 is 2.08. The number of rotatable bonds is 1. The fourth-order valence-corrected chi connectivity index (χ4v) is 2.40. The van der Waals surface area contributed by atoms with Crippen LogP contribution in [0.15, 0.2) is 12.4 Å². The van der Waals surface area contributed by atoms with Crippen molar-refractivity contribution in [2.45, 2.75) is 33.7 Å². The van der Waals surface area contributed by atoms with E-state index >= 15 is 0 Å². The van der Waals surface area contributed by atoms with Gasteiger partial charge in [0.25, 0.3) is 0 Å². The van der Waals surface area contributed by atoms with E-state index in [1.54, 1.807) is 6.20 Å². The van der Waals surface area contributed by atoms with Crippen LogP contribution in [-0.4, -0.2) is 9.55 Å². The average Bonchev–Trinajstić information content (AvgIpc) is 2.33. The normalized spacial score (nSPS) is 24.6. The van der Waals surface area contributed by atoms with Crippen LogP contribution in [0.2, 0.25) is 0 Å². The molecule has 1 aliphatic rings. The molecule has 0 spiro atoms. The van der Waals surface area contributed by atoms with E-state index in [1.807, 2.05) is 6.20 Å².